The van der Waals surface area contributed by atoms with Crippen molar-refractivity contribution in [2.24, 2.45) is 5.73 Å². The summed E-state index contributed by atoms with van der Waals surface area (Å²) in [6, 6.07) is 7.75. The maximum absolute atomic E-state index is 5.45. The standard InChI is InChI=1S/C10H14N2OS/c1-12(7-10(11)14)8-3-5-9(13-2)6-4-8/h3-6H,7H2,1-2H3,(H2,11,14). The first-order valence-corrected chi connectivity index (χ1v) is 4.68. The summed E-state index contributed by atoms with van der Waals surface area (Å²) >= 11 is 4.83. The first kappa shape index (κ1) is 10.8. The molecule has 14 heavy (non-hydrogen) atoms. The van der Waals surface area contributed by atoms with Gasteiger partial charge in [-0.25, -0.2) is 0 Å². The zero-order chi connectivity index (χ0) is 10.6. The Kier molecular flexibility index (Phi) is 3.71. The lowest BCUT2D eigenvalue weighted by molar-refractivity contribution is 0.415. The molecule has 0 aromatic heterocycles. The van der Waals surface area contributed by atoms with Crippen molar-refractivity contribution in [1.82, 2.24) is 0 Å². The third-order valence-electron chi connectivity index (χ3n) is 1.91. The number of methoxy groups -OCH3 is 1. The van der Waals surface area contributed by atoms with Crippen molar-refractivity contribution in [3.8, 4) is 5.75 Å². The number of ether oxygens (including phenoxy) is 1. The SMILES string of the molecule is COc1ccc(N(C)CC(N)=S)cc1. The van der Waals surface area contributed by atoms with Crippen molar-refractivity contribution >= 4 is 22.9 Å². The molecule has 0 heterocycles. The van der Waals surface area contributed by atoms with Gasteiger partial charge < -0.3 is 15.4 Å². The van der Waals surface area contributed by atoms with E-state index >= 15 is 0 Å². The van der Waals surface area contributed by atoms with E-state index in [1.165, 1.54) is 0 Å². The highest BCUT2D eigenvalue weighted by Crippen LogP contribution is 2.17. The average Bonchev–Trinajstić information content (AvgIpc) is 2.17. The summed E-state index contributed by atoms with van der Waals surface area (Å²) in [5.74, 6) is 0.845. The second-order valence-corrected chi connectivity index (χ2v) is 3.54. The summed E-state index contributed by atoms with van der Waals surface area (Å²) in [5, 5.41) is 0. The van der Waals surface area contributed by atoms with Gasteiger partial charge >= 0.3 is 0 Å². The van der Waals surface area contributed by atoms with Crippen molar-refractivity contribution in [2.75, 3.05) is 25.6 Å². The molecule has 0 amide bonds. The molecule has 0 saturated heterocycles. The molecule has 0 aliphatic carbocycles. The van der Waals surface area contributed by atoms with E-state index in [0.717, 1.165) is 11.4 Å². The Labute approximate surface area is 89.5 Å². The predicted molar refractivity (Wildman–Crippen MR) is 63.0 cm³/mol. The average molecular weight is 210 g/mol. The maximum atomic E-state index is 5.45. The van der Waals surface area contributed by atoms with E-state index in [4.69, 9.17) is 22.7 Å². The molecule has 0 radical (unpaired) electrons. The Hall–Kier alpha value is -1.29. The smallest absolute Gasteiger partial charge is 0.119 e. The van der Waals surface area contributed by atoms with Crippen LogP contribution in [0.5, 0.6) is 5.75 Å². The number of hydrogen-bond acceptors (Lipinski definition) is 3. The van der Waals surface area contributed by atoms with Gasteiger partial charge in [0.1, 0.15) is 5.75 Å². The molecule has 1 rings (SSSR count). The lowest BCUT2D eigenvalue weighted by Gasteiger charge is -2.18. The molecule has 0 spiro atoms. The monoisotopic (exact) mass is 210 g/mol. The van der Waals surface area contributed by atoms with Gasteiger partial charge in [0.2, 0.25) is 0 Å². The zero-order valence-electron chi connectivity index (χ0n) is 8.36. The van der Waals surface area contributed by atoms with Crippen LogP contribution in [0.25, 0.3) is 0 Å². The highest BCUT2D eigenvalue weighted by Gasteiger charge is 2.01. The van der Waals surface area contributed by atoms with Crippen LogP contribution in [0.1, 0.15) is 0 Å². The molecule has 0 saturated carbocycles. The molecule has 0 fully saturated rings. The van der Waals surface area contributed by atoms with E-state index < -0.39 is 0 Å². The molecule has 0 unspecified atom stereocenters. The fourth-order valence-electron chi connectivity index (χ4n) is 1.16. The van der Waals surface area contributed by atoms with Crippen molar-refractivity contribution in [3.63, 3.8) is 0 Å². The third-order valence-corrected chi connectivity index (χ3v) is 2.04. The van der Waals surface area contributed by atoms with E-state index in [1.807, 2.05) is 36.2 Å². The quantitative estimate of drug-likeness (QED) is 0.763. The summed E-state index contributed by atoms with van der Waals surface area (Å²) < 4.78 is 5.06. The highest BCUT2D eigenvalue weighted by atomic mass is 32.1. The van der Waals surface area contributed by atoms with Crippen LogP contribution < -0.4 is 15.4 Å². The van der Waals surface area contributed by atoms with E-state index in [2.05, 4.69) is 0 Å². The number of rotatable bonds is 4. The molecule has 3 nitrogen and oxygen atoms in total. The van der Waals surface area contributed by atoms with Crippen LogP contribution in [-0.4, -0.2) is 25.7 Å². The minimum Gasteiger partial charge on any atom is -0.497 e. The topological polar surface area (TPSA) is 38.5 Å². The maximum Gasteiger partial charge on any atom is 0.119 e. The third kappa shape index (κ3) is 2.88. The highest BCUT2D eigenvalue weighted by molar-refractivity contribution is 7.80. The minimum atomic E-state index is 0.489. The Morgan fingerprint density at radius 2 is 2.00 bits per heavy atom. The summed E-state index contributed by atoms with van der Waals surface area (Å²) in [4.78, 5) is 2.48. The number of anilines is 1. The van der Waals surface area contributed by atoms with Gasteiger partial charge in [0.25, 0.3) is 0 Å². The van der Waals surface area contributed by atoms with Crippen molar-refractivity contribution in [3.05, 3.63) is 24.3 Å². The van der Waals surface area contributed by atoms with E-state index in [-0.39, 0.29) is 0 Å². The molecular formula is C10H14N2OS. The minimum absolute atomic E-state index is 0.489. The van der Waals surface area contributed by atoms with Gasteiger partial charge in [-0.2, -0.15) is 0 Å². The molecular weight excluding hydrogens is 196 g/mol. The number of benzene rings is 1. The van der Waals surface area contributed by atoms with Crippen LogP contribution in [0.3, 0.4) is 0 Å². The van der Waals surface area contributed by atoms with Gasteiger partial charge in [-0.1, -0.05) is 12.2 Å². The van der Waals surface area contributed by atoms with Crippen LogP contribution in [-0.2, 0) is 0 Å². The van der Waals surface area contributed by atoms with Crippen molar-refractivity contribution in [2.45, 2.75) is 0 Å². The number of hydrogen-bond donors (Lipinski definition) is 1. The van der Waals surface area contributed by atoms with Gasteiger partial charge in [0.15, 0.2) is 0 Å². The largest absolute Gasteiger partial charge is 0.497 e. The molecule has 0 aliphatic heterocycles. The first-order chi connectivity index (χ1) is 6.63. The normalized spacial score (nSPS) is 9.57. The van der Waals surface area contributed by atoms with E-state index in [1.54, 1.807) is 7.11 Å². The Bertz CT molecular complexity index is 310. The summed E-state index contributed by atoms with van der Waals surface area (Å²) in [5.41, 5.74) is 6.52. The lowest BCUT2D eigenvalue weighted by atomic mass is 10.3. The second-order valence-electron chi connectivity index (χ2n) is 3.02. The summed E-state index contributed by atoms with van der Waals surface area (Å²) in [6.45, 7) is 0.585. The first-order valence-electron chi connectivity index (χ1n) is 4.27. The molecule has 1 aromatic rings. The number of likely N-dealkylation sites (N-methyl/N-ethyl adjacent to an activating group) is 1. The van der Waals surface area contributed by atoms with Gasteiger partial charge in [-0.05, 0) is 24.3 Å². The van der Waals surface area contributed by atoms with Gasteiger partial charge in [0.05, 0.1) is 18.6 Å². The lowest BCUT2D eigenvalue weighted by Crippen LogP contribution is -2.29. The predicted octanol–water partition coefficient (Wildman–Crippen LogP) is 1.42. The molecule has 76 valence electrons. The molecule has 0 atom stereocenters. The number of thiocarbonyl (C=S) groups is 1. The van der Waals surface area contributed by atoms with Crippen LogP contribution >= 0.6 is 12.2 Å². The van der Waals surface area contributed by atoms with Crippen LogP contribution in [0.4, 0.5) is 5.69 Å². The van der Waals surface area contributed by atoms with E-state index in [9.17, 15) is 0 Å². The number of nitrogens with zero attached hydrogens (tertiary/aromatic N) is 1. The Morgan fingerprint density at radius 1 is 1.43 bits per heavy atom. The molecule has 0 aliphatic rings. The molecule has 0 bridgehead atoms. The fourth-order valence-corrected chi connectivity index (χ4v) is 1.36. The molecule has 2 N–H and O–H groups in total. The second kappa shape index (κ2) is 4.81. The van der Waals surface area contributed by atoms with Crippen molar-refractivity contribution in [1.29, 1.82) is 0 Å². The molecule has 1 aromatic carbocycles. The van der Waals surface area contributed by atoms with Crippen LogP contribution in [0.15, 0.2) is 24.3 Å². The summed E-state index contributed by atoms with van der Waals surface area (Å²) in [7, 11) is 3.59. The van der Waals surface area contributed by atoms with Gasteiger partial charge in [-0.15, -0.1) is 0 Å². The molecule has 4 heteroatoms. The zero-order valence-corrected chi connectivity index (χ0v) is 9.17. The fraction of sp³-hybridized carbons (Fsp3) is 0.300. The van der Waals surface area contributed by atoms with Gasteiger partial charge in [-0.3, -0.25) is 0 Å². The Balaban J connectivity index is 2.71. The summed E-state index contributed by atoms with van der Waals surface area (Å²) in [6.07, 6.45) is 0. The van der Waals surface area contributed by atoms with Crippen LogP contribution in [0, 0.1) is 0 Å². The van der Waals surface area contributed by atoms with Gasteiger partial charge in [0, 0.05) is 12.7 Å². The van der Waals surface area contributed by atoms with Crippen molar-refractivity contribution < 1.29 is 4.74 Å². The van der Waals surface area contributed by atoms with E-state index in [0.29, 0.717) is 11.5 Å². The Morgan fingerprint density at radius 3 is 2.43 bits per heavy atom. The number of nitrogens with two attached hydrogens (primary N) is 1. The van der Waals surface area contributed by atoms with Crippen LogP contribution in [0.2, 0.25) is 0 Å².